The molecular formula is C16H24O5S. The van der Waals surface area contributed by atoms with Crippen LogP contribution in [0.25, 0.3) is 0 Å². The minimum Gasteiger partial charge on any atom is -0.481 e. The van der Waals surface area contributed by atoms with E-state index in [9.17, 15) is 17.8 Å². The van der Waals surface area contributed by atoms with E-state index in [1.54, 1.807) is 6.07 Å². The topological polar surface area (TPSA) is 91.7 Å². The Bertz CT molecular complexity index is 647. The highest BCUT2D eigenvalue weighted by molar-refractivity contribution is 7.85. The Labute approximate surface area is 132 Å². The molecule has 0 heterocycles. The molecule has 0 saturated carbocycles. The molecule has 1 aromatic rings. The van der Waals surface area contributed by atoms with Gasteiger partial charge in [-0.1, -0.05) is 46.2 Å². The molecule has 0 bridgehead atoms. The normalized spacial score (nSPS) is 13.9. The molecule has 0 aromatic heterocycles. The number of carboxylic acid groups (broad SMARTS) is 1. The second-order valence-electron chi connectivity index (χ2n) is 6.37. The maximum absolute atomic E-state index is 11.5. The Morgan fingerprint density at radius 3 is 2.36 bits per heavy atom. The molecule has 124 valence electrons. The van der Waals surface area contributed by atoms with Gasteiger partial charge in [-0.05, 0) is 34.9 Å². The summed E-state index contributed by atoms with van der Waals surface area (Å²) in [6.07, 6.45) is 1.55. The molecule has 5 nitrogen and oxygen atoms in total. The van der Waals surface area contributed by atoms with Gasteiger partial charge in [0.1, 0.15) is 0 Å². The number of hydrogen-bond acceptors (Lipinski definition) is 3. The quantitative estimate of drug-likeness (QED) is 0.748. The van der Waals surface area contributed by atoms with Crippen molar-refractivity contribution >= 4 is 16.1 Å². The summed E-state index contributed by atoms with van der Waals surface area (Å²) in [5.74, 6) is -1.07. The average molecular weight is 328 g/mol. The summed E-state index contributed by atoms with van der Waals surface area (Å²) < 4.78 is 32.5. The Hall–Kier alpha value is -1.40. The molecule has 0 aliphatic rings. The number of carboxylic acids is 1. The van der Waals surface area contributed by atoms with Crippen LogP contribution in [0.15, 0.2) is 23.1 Å². The highest BCUT2D eigenvalue weighted by Crippen LogP contribution is 2.39. The van der Waals surface area contributed by atoms with Gasteiger partial charge in [-0.3, -0.25) is 9.35 Å². The Kier molecular flexibility index (Phi) is 5.76. The lowest BCUT2D eigenvalue weighted by molar-refractivity contribution is -0.136. The van der Waals surface area contributed by atoms with Crippen LogP contribution in [-0.2, 0) is 21.3 Å². The largest absolute Gasteiger partial charge is 0.481 e. The monoisotopic (exact) mass is 328 g/mol. The van der Waals surface area contributed by atoms with Crippen LogP contribution in [0, 0.1) is 5.41 Å². The molecule has 0 saturated heterocycles. The van der Waals surface area contributed by atoms with Crippen molar-refractivity contribution in [1.82, 2.24) is 0 Å². The van der Waals surface area contributed by atoms with Gasteiger partial charge in [-0.25, -0.2) is 0 Å². The van der Waals surface area contributed by atoms with Crippen molar-refractivity contribution in [2.24, 2.45) is 5.41 Å². The summed E-state index contributed by atoms with van der Waals surface area (Å²) in [4.78, 5) is 10.5. The number of carbonyl (C=O) groups is 1. The van der Waals surface area contributed by atoms with E-state index in [2.05, 4.69) is 20.8 Å². The molecule has 0 amide bonds. The van der Waals surface area contributed by atoms with E-state index in [-0.39, 0.29) is 21.8 Å². The molecule has 22 heavy (non-hydrogen) atoms. The first-order valence-electron chi connectivity index (χ1n) is 7.31. The zero-order valence-corrected chi connectivity index (χ0v) is 14.3. The Morgan fingerprint density at radius 2 is 1.91 bits per heavy atom. The standard InChI is InChI=1S/C16H24O5S/c1-5-8-16(3,4)11(2)12-6-7-13(10-15(17)18)14(9-12)22(19,20)21/h6-7,9,11H,5,8,10H2,1-4H3,(H,17,18)(H,19,20,21). The third kappa shape index (κ3) is 4.55. The molecule has 0 spiro atoms. The van der Waals surface area contributed by atoms with Crippen LogP contribution >= 0.6 is 0 Å². The van der Waals surface area contributed by atoms with Gasteiger partial charge < -0.3 is 5.11 Å². The van der Waals surface area contributed by atoms with E-state index in [4.69, 9.17) is 5.11 Å². The fourth-order valence-electron chi connectivity index (χ4n) is 2.70. The van der Waals surface area contributed by atoms with Gasteiger partial charge in [0.15, 0.2) is 0 Å². The minimum absolute atomic E-state index is 0.0282. The first-order chi connectivity index (χ1) is 9.99. The second-order valence-corrected chi connectivity index (χ2v) is 7.76. The van der Waals surface area contributed by atoms with E-state index in [0.717, 1.165) is 18.4 Å². The van der Waals surface area contributed by atoms with Crippen molar-refractivity contribution in [3.8, 4) is 0 Å². The molecule has 0 radical (unpaired) electrons. The van der Waals surface area contributed by atoms with Gasteiger partial charge in [-0.15, -0.1) is 0 Å². The smallest absolute Gasteiger partial charge is 0.307 e. The predicted molar refractivity (Wildman–Crippen MR) is 84.7 cm³/mol. The predicted octanol–water partition coefficient (Wildman–Crippen LogP) is 3.49. The fraction of sp³-hybridized carbons (Fsp3) is 0.562. The summed E-state index contributed by atoms with van der Waals surface area (Å²) in [6.45, 7) is 8.32. The molecule has 1 atom stereocenters. The summed E-state index contributed by atoms with van der Waals surface area (Å²) in [5.41, 5.74) is 0.846. The number of hydrogen-bond donors (Lipinski definition) is 2. The third-order valence-electron chi connectivity index (χ3n) is 4.28. The van der Waals surface area contributed by atoms with Gasteiger partial charge in [0, 0.05) is 0 Å². The highest BCUT2D eigenvalue weighted by Gasteiger charge is 2.28. The summed E-state index contributed by atoms with van der Waals surface area (Å²) in [5, 5.41) is 8.86. The van der Waals surface area contributed by atoms with Crippen LogP contribution in [0.4, 0.5) is 0 Å². The zero-order valence-electron chi connectivity index (χ0n) is 13.5. The van der Waals surface area contributed by atoms with Crippen LogP contribution in [-0.4, -0.2) is 24.0 Å². The van der Waals surface area contributed by atoms with Crippen LogP contribution in [0.5, 0.6) is 0 Å². The lowest BCUT2D eigenvalue weighted by atomic mass is 9.73. The van der Waals surface area contributed by atoms with Gasteiger partial charge in [0.05, 0.1) is 11.3 Å². The van der Waals surface area contributed by atoms with Crippen molar-refractivity contribution in [2.45, 2.75) is 57.8 Å². The van der Waals surface area contributed by atoms with Crippen molar-refractivity contribution in [1.29, 1.82) is 0 Å². The maximum atomic E-state index is 11.5. The zero-order chi connectivity index (χ0) is 17.1. The molecule has 1 unspecified atom stereocenters. The van der Waals surface area contributed by atoms with Gasteiger partial charge in [0.2, 0.25) is 0 Å². The fourth-order valence-corrected chi connectivity index (χ4v) is 3.46. The SMILES string of the molecule is CCCC(C)(C)C(C)c1ccc(CC(=O)O)c(S(=O)(=O)O)c1. The average Bonchev–Trinajstić information content (AvgIpc) is 2.36. The van der Waals surface area contributed by atoms with Gasteiger partial charge in [0.25, 0.3) is 10.1 Å². The second kappa shape index (κ2) is 6.79. The van der Waals surface area contributed by atoms with Crippen LogP contribution < -0.4 is 0 Å². The minimum atomic E-state index is -4.46. The number of aliphatic carboxylic acids is 1. The molecule has 2 N–H and O–H groups in total. The van der Waals surface area contributed by atoms with Crippen molar-refractivity contribution in [3.05, 3.63) is 29.3 Å². The van der Waals surface area contributed by atoms with Crippen molar-refractivity contribution in [2.75, 3.05) is 0 Å². The van der Waals surface area contributed by atoms with E-state index >= 15 is 0 Å². The first-order valence-corrected chi connectivity index (χ1v) is 8.75. The molecule has 0 aliphatic carbocycles. The van der Waals surface area contributed by atoms with E-state index < -0.39 is 22.5 Å². The van der Waals surface area contributed by atoms with E-state index in [0.29, 0.717) is 0 Å². The Morgan fingerprint density at radius 1 is 1.32 bits per heavy atom. The highest BCUT2D eigenvalue weighted by atomic mass is 32.2. The first kappa shape index (κ1) is 18.6. The molecule has 6 heteroatoms. The van der Waals surface area contributed by atoms with Gasteiger partial charge in [-0.2, -0.15) is 8.42 Å². The number of rotatable bonds is 7. The van der Waals surface area contributed by atoms with Crippen LogP contribution in [0.2, 0.25) is 0 Å². The Balaban J connectivity index is 3.34. The summed E-state index contributed by atoms with van der Waals surface area (Å²) in [7, 11) is -4.46. The van der Waals surface area contributed by atoms with Gasteiger partial charge >= 0.3 is 5.97 Å². The molecule has 0 fully saturated rings. The van der Waals surface area contributed by atoms with E-state index in [1.807, 2.05) is 6.92 Å². The lowest BCUT2D eigenvalue weighted by Gasteiger charge is -2.32. The molecule has 1 rings (SSSR count). The number of benzene rings is 1. The van der Waals surface area contributed by atoms with Crippen molar-refractivity contribution < 1.29 is 22.9 Å². The maximum Gasteiger partial charge on any atom is 0.307 e. The molecule has 0 aliphatic heterocycles. The summed E-state index contributed by atoms with van der Waals surface area (Å²) >= 11 is 0. The third-order valence-corrected chi connectivity index (χ3v) is 5.21. The van der Waals surface area contributed by atoms with Crippen LogP contribution in [0.3, 0.4) is 0 Å². The van der Waals surface area contributed by atoms with E-state index in [1.165, 1.54) is 12.1 Å². The lowest BCUT2D eigenvalue weighted by Crippen LogP contribution is -2.20. The molecule has 1 aromatic carbocycles. The van der Waals surface area contributed by atoms with Crippen molar-refractivity contribution in [3.63, 3.8) is 0 Å². The molecular weight excluding hydrogens is 304 g/mol. The summed E-state index contributed by atoms with van der Waals surface area (Å²) in [6, 6.07) is 4.62. The van der Waals surface area contributed by atoms with Crippen LogP contribution in [0.1, 0.15) is 57.6 Å².